The molecule has 0 atom stereocenters. The predicted molar refractivity (Wildman–Crippen MR) is 85.0 cm³/mol. The fraction of sp³-hybridized carbons (Fsp3) is 0.571. The van der Waals surface area contributed by atoms with E-state index in [2.05, 4.69) is 16.7 Å². The third kappa shape index (κ3) is 4.38. The Kier molecular flexibility index (Phi) is 5.83. The molecule has 114 valence electrons. The van der Waals surface area contributed by atoms with E-state index in [1.165, 1.54) is 6.26 Å². The van der Waals surface area contributed by atoms with Gasteiger partial charge in [0.25, 0.3) is 0 Å². The zero-order valence-corrected chi connectivity index (χ0v) is 13.6. The number of hydrogen-bond donors (Lipinski definition) is 1. The number of nitrogen functional groups attached to an aromatic ring is 1. The van der Waals surface area contributed by atoms with Crippen LogP contribution in [0, 0.1) is 0 Å². The van der Waals surface area contributed by atoms with E-state index in [0.29, 0.717) is 5.69 Å². The van der Waals surface area contributed by atoms with Crippen molar-refractivity contribution in [2.75, 3.05) is 50.6 Å². The first kappa shape index (κ1) is 16.8. The Morgan fingerprint density at radius 2 is 1.80 bits per heavy atom. The topological polar surface area (TPSA) is 66.6 Å². The van der Waals surface area contributed by atoms with Crippen LogP contribution in [0.3, 0.4) is 0 Å². The van der Waals surface area contributed by atoms with Gasteiger partial charge < -0.3 is 15.5 Å². The monoisotopic (exact) mass is 299 g/mol. The lowest BCUT2D eigenvalue weighted by Gasteiger charge is -2.27. The van der Waals surface area contributed by atoms with E-state index in [1.807, 2.05) is 20.2 Å². The molecular weight excluding hydrogens is 274 g/mol. The quantitative estimate of drug-likeness (QED) is 0.772. The lowest BCUT2D eigenvalue weighted by Crippen LogP contribution is -2.33. The third-order valence-electron chi connectivity index (χ3n) is 3.09. The minimum atomic E-state index is -3.30. The van der Waals surface area contributed by atoms with E-state index in [1.54, 1.807) is 12.1 Å². The number of hydrogen-bond acceptors (Lipinski definition) is 5. The summed E-state index contributed by atoms with van der Waals surface area (Å²) in [6.45, 7) is 4.66. The Morgan fingerprint density at radius 1 is 1.15 bits per heavy atom. The van der Waals surface area contributed by atoms with Crippen LogP contribution < -0.4 is 10.6 Å². The van der Waals surface area contributed by atoms with Crippen LogP contribution in [0.4, 0.5) is 11.4 Å². The molecule has 0 aliphatic rings. The second-order valence-electron chi connectivity index (χ2n) is 5.25. The van der Waals surface area contributed by atoms with E-state index in [0.717, 1.165) is 31.7 Å². The van der Waals surface area contributed by atoms with Crippen LogP contribution in [-0.2, 0) is 9.84 Å². The highest BCUT2D eigenvalue weighted by molar-refractivity contribution is 7.90. The molecule has 1 aromatic rings. The van der Waals surface area contributed by atoms with Crippen molar-refractivity contribution in [3.8, 4) is 0 Å². The highest BCUT2D eigenvalue weighted by Gasteiger charge is 2.17. The van der Waals surface area contributed by atoms with Crippen molar-refractivity contribution in [2.45, 2.75) is 18.2 Å². The van der Waals surface area contributed by atoms with Crippen molar-refractivity contribution >= 4 is 21.2 Å². The lowest BCUT2D eigenvalue weighted by atomic mass is 10.2. The summed E-state index contributed by atoms with van der Waals surface area (Å²) in [6.07, 6.45) is 2.17. The van der Waals surface area contributed by atoms with Crippen LogP contribution in [0.25, 0.3) is 0 Å². The van der Waals surface area contributed by atoms with E-state index in [-0.39, 0.29) is 4.90 Å². The Balaban J connectivity index is 3.14. The molecule has 0 aliphatic heterocycles. The molecule has 0 amide bonds. The van der Waals surface area contributed by atoms with Crippen LogP contribution in [0.2, 0.25) is 0 Å². The molecule has 0 fully saturated rings. The van der Waals surface area contributed by atoms with Crippen LogP contribution in [0.5, 0.6) is 0 Å². The highest BCUT2D eigenvalue weighted by atomic mass is 32.2. The minimum absolute atomic E-state index is 0.209. The average molecular weight is 299 g/mol. The molecule has 0 bridgehead atoms. The van der Waals surface area contributed by atoms with Crippen molar-refractivity contribution in [3.05, 3.63) is 18.2 Å². The number of likely N-dealkylation sites (N-methyl/N-ethyl adjacent to an activating group) is 1. The molecule has 2 N–H and O–H groups in total. The maximum Gasteiger partial charge on any atom is 0.177 e. The summed E-state index contributed by atoms with van der Waals surface area (Å²) < 4.78 is 23.5. The molecule has 1 aromatic carbocycles. The van der Waals surface area contributed by atoms with Gasteiger partial charge in [-0.05, 0) is 32.6 Å². The Hall–Kier alpha value is -1.27. The average Bonchev–Trinajstić information content (AvgIpc) is 2.33. The zero-order chi connectivity index (χ0) is 15.3. The van der Waals surface area contributed by atoms with Crippen molar-refractivity contribution in [3.63, 3.8) is 0 Å². The zero-order valence-electron chi connectivity index (χ0n) is 12.8. The number of nitrogens with two attached hydrogens (primary N) is 1. The number of para-hydroxylation sites is 1. The summed E-state index contributed by atoms with van der Waals surface area (Å²) in [5.41, 5.74) is 7.22. The molecule has 0 saturated carbocycles. The molecule has 0 heterocycles. The Morgan fingerprint density at radius 3 is 2.30 bits per heavy atom. The highest BCUT2D eigenvalue weighted by Crippen LogP contribution is 2.29. The van der Waals surface area contributed by atoms with E-state index < -0.39 is 9.84 Å². The first-order valence-electron chi connectivity index (χ1n) is 6.75. The van der Waals surface area contributed by atoms with Gasteiger partial charge in [-0.15, -0.1) is 0 Å². The summed E-state index contributed by atoms with van der Waals surface area (Å²) in [7, 11) is 0.731. The van der Waals surface area contributed by atoms with Crippen molar-refractivity contribution in [1.82, 2.24) is 4.90 Å². The lowest BCUT2D eigenvalue weighted by molar-refractivity contribution is 0.413. The molecule has 0 aromatic heterocycles. The van der Waals surface area contributed by atoms with Gasteiger partial charge in [0.1, 0.15) is 0 Å². The van der Waals surface area contributed by atoms with Crippen LogP contribution in [-0.4, -0.2) is 53.3 Å². The largest absolute Gasteiger partial charge is 0.396 e. The molecule has 0 unspecified atom stereocenters. The maximum absolute atomic E-state index is 11.7. The standard InChI is InChI=1S/C14H25N3O2S/c1-5-9-17(11-10-16(2)3)12-7-6-8-13(14(12)15)20(4,18)19/h6-8H,5,9-11,15H2,1-4H3. The molecule has 6 heteroatoms. The summed E-state index contributed by atoms with van der Waals surface area (Å²) >= 11 is 0. The van der Waals surface area contributed by atoms with Gasteiger partial charge in [0.2, 0.25) is 0 Å². The van der Waals surface area contributed by atoms with Crippen LogP contribution in [0.15, 0.2) is 23.1 Å². The van der Waals surface area contributed by atoms with Crippen molar-refractivity contribution in [2.24, 2.45) is 0 Å². The predicted octanol–water partition coefficient (Wildman–Crippen LogP) is 1.45. The van der Waals surface area contributed by atoms with Gasteiger partial charge in [-0.25, -0.2) is 8.42 Å². The van der Waals surface area contributed by atoms with E-state index in [4.69, 9.17) is 5.73 Å². The molecule has 20 heavy (non-hydrogen) atoms. The van der Waals surface area contributed by atoms with E-state index >= 15 is 0 Å². The normalized spacial score (nSPS) is 11.8. The second-order valence-corrected chi connectivity index (χ2v) is 7.24. The van der Waals surface area contributed by atoms with Crippen molar-refractivity contribution < 1.29 is 8.42 Å². The van der Waals surface area contributed by atoms with Crippen molar-refractivity contribution in [1.29, 1.82) is 0 Å². The summed E-state index contributed by atoms with van der Waals surface area (Å²) in [5.74, 6) is 0. The second kappa shape index (κ2) is 6.95. The van der Waals surface area contributed by atoms with Gasteiger partial charge >= 0.3 is 0 Å². The molecule has 0 spiro atoms. The maximum atomic E-state index is 11.7. The minimum Gasteiger partial charge on any atom is -0.396 e. The van der Waals surface area contributed by atoms with Gasteiger partial charge in [0, 0.05) is 25.9 Å². The summed E-state index contributed by atoms with van der Waals surface area (Å²) in [5, 5.41) is 0. The van der Waals surface area contributed by atoms with E-state index in [9.17, 15) is 8.42 Å². The first-order valence-corrected chi connectivity index (χ1v) is 8.64. The Bertz CT molecular complexity index is 541. The van der Waals surface area contributed by atoms with Gasteiger partial charge in [-0.1, -0.05) is 13.0 Å². The molecule has 5 nitrogen and oxygen atoms in total. The van der Waals surface area contributed by atoms with Gasteiger partial charge in [-0.2, -0.15) is 0 Å². The molecule has 0 aliphatic carbocycles. The summed E-state index contributed by atoms with van der Waals surface area (Å²) in [4.78, 5) is 4.45. The SMILES string of the molecule is CCCN(CCN(C)C)c1cccc(S(C)(=O)=O)c1N. The summed E-state index contributed by atoms with van der Waals surface area (Å²) in [6, 6.07) is 5.19. The first-order chi connectivity index (χ1) is 9.27. The fourth-order valence-electron chi connectivity index (χ4n) is 2.07. The van der Waals surface area contributed by atoms with Gasteiger partial charge in [0.05, 0.1) is 16.3 Å². The number of anilines is 2. The smallest absolute Gasteiger partial charge is 0.177 e. The van der Waals surface area contributed by atoms with Gasteiger partial charge in [0.15, 0.2) is 9.84 Å². The number of rotatable bonds is 7. The third-order valence-corrected chi connectivity index (χ3v) is 4.25. The number of benzene rings is 1. The molecule has 0 radical (unpaired) electrons. The number of nitrogens with zero attached hydrogens (tertiary/aromatic N) is 2. The van der Waals surface area contributed by atoms with Crippen LogP contribution >= 0.6 is 0 Å². The van der Waals surface area contributed by atoms with Gasteiger partial charge in [-0.3, -0.25) is 0 Å². The fourth-order valence-corrected chi connectivity index (χ4v) is 2.90. The molecule has 0 saturated heterocycles. The molecular formula is C14H25N3O2S. The Labute approximate surface area is 122 Å². The van der Waals surface area contributed by atoms with Crippen LogP contribution in [0.1, 0.15) is 13.3 Å². The molecule has 1 rings (SSSR count). The number of sulfone groups is 1.